The molecule has 0 bridgehead atoms. The van der Waals surface area contributed by atoms with E-state index in [9.17, 15) is 15.2 Å². The van der Waals surface area contributed by atoms with Gasteiger partial charge in [-0.3, -0.25) is 4.79 Å². The van der Waals surface area contributed by atoms with Crippen LogP contribution >= 0.6 is 0 Å². The summed E-state index contributed by atoms with van der Waals surface area (Å²) in [5, 5.41) is 37.0. The molecule has 10 heteroatoms. The number of phenols is 1. The number of aromatic nitrogens is 4. The monoisotopic (exact) mass is 460 g/mol. The number of aromatic hydroxyl groups is 1. The Kier molecular flexibility index (Phi) is 5.63. The number of hydrogen-bond acceptors (Lipinski definition) is 8. The van der Waals surface area contributed by atoms with Crippen molar-refractivity contribution in [2.24, 2.45) is 10.2 Å². The third-order valence-electron chi connectivity index (χ3n) is 5.12. The van der Waals surface area contributed by atoms with E-state index in [1.54, 1.807) is 54.6 Å². The molecule has 2 aromatic heterocycles. The van der Waals surface area contributed by atoms with Crippen molar-refractivity contribution in [2.75, 3.05) is 5.32 Å². The molecule has 1 amide bonds. The minimum Gasteiger partial charge on any atom is -0.505 e. The molecule has 2 N–H and O–H groups in total. The van der Waals surface area contributed by atoms with Crippen LogP contribution in [0.3, 0.4) is 0 Å². The lowest BCUT2D eigenvalue weighted by Gasteiger charge is -2.12. The van der Waals surface area contributed by atoms with Crippen LogP contribution in [0.15, 0.2) is 95.5 Å². The molecule has 0 spiro atoms. The van der Waals surface area contributed by atoms with Crippen LogP contribution in [-0.2, 0) is 0 Å². The fourth-order valence-corrected chi connectivity index (χ4v) is 3.51. The number of nitriles is 1. The summed E-state index contributed by atoms with van der Waals surface area (Å²) >= 11 is 0. The number of hydrogen-bond donors (Lipinski definition) is 2. The number of anilines is 1. The second kappa shape index (κ2) is 9.21. The molecule has 0 saturated carbocycles. The largest absolute Gasteiger partial charge is 0.505 e. The van der Waals surface area contributed by atoms with Gasteiger partial charge in [-0.2, -0.15) is 15.0 Å². The van der Waals surface area contributed by atoms with Crippen molar-refractivity contribution in [3.63, 3.8) is 0 Å². The van der Waals surface area contributed by atoms with Crippen LogP contribution in [0.4, 0.5) is 17.2 Å². The van der Waals surface area contributed by atoms with Gasteiger partial charge in [-0.1, -0.05) is 42.5 Å². The Balaban J connectivity index is 1.60. The van der Waals surface area contributed by atoms with Crippen LogP contribution in [-0.4, -0.2) is 30.8 Å². The van der Waals surface area contributed by atoms with Gasteiger partial charge in [0.25, 0.3) is 11.9 Å². The van der Waals surface area contributed by atoms with Gasteiger partial charge in [-0.25, -0.2) is 9.97 Å². The minimum absolute atomic E-state index is 0.0486. The smallest absolute Gasteiger partial charge is 0.260 e. The molecule has 10 nitrogen and oxygen atoms in total. The van der Waals surface area contributed by atoms with E-state index in [0.717, 1.165) is 0 Å². The predicted octanol–water partition coefficient (Wildman–Crippen LogP) is 5.06. The summed E-state index contributed by atoms with van der Waals surface area (Å²) in [5.74, 6) is -0.557. The SMILES string of the molecule is N#Cc1cnn(-c2ncccn2)c1N=Nc1cc2ccccc2c(C(=O)Nc2ccccc2)c1O. The Labute approximate surface area is 198 Å². The molecule has 0 aliphatic carbocycles. The van der Waals surface area contributed by atoms with Gasteiger partial charge in [0.05, 0.1) is 11.8 Å². The number of carbonyl (C=O) groups excluding carboxylic acids is 1. The Morgan fingerprint density at radius 3 is 2.51 bits per heavy atom. The first-order valence-corrected chi connectivity index (χ1v) is 10.4. The van der Waals surface area contributed by atoms with Gasteiger partial charge in [0.1, 0.15) is 17.3 Å². The standard InChI is InChI=1S/C25H16N8O2/c26-14-17-15-29-33(25-27-11-6-12-28-25)23(17)32-31-20-13-16-7-4-5-10-19(16)21(22(20)34)24(35)30-18-8-2-1-3-9-18/h1-13,15,34H,(H,30,35). The van der Waals surface area contributed by atoms with Gasteiger partial charge in [0.2, 0.25) is 0 Å². The van der Waals surface area contributed by atoms with Crippen LogP contribution in [0.25, 0.3) is 16.7 Å². The van der Waals surface area contributed by atoms with Crippen molar-refractivity contribution in [1.29, 1.82) is 5.26 Å². The van der Waals surface area contributed by atoms with Crippen LogP contribution in [0.2, 0.25) is 0 Å². The topological polar surface area (TPSA) is 141 Å². The molecular weight excluding hydrogens is 444 g/mol. The van der Waals surface area contributed by atoms with Crippen LogP contribution in [0.1, 0.15) is 15.9 Å². The molecule has 0 radical (unpaired) electrons. The van der Waals surface area contributed by atoms with Crippen molar-refractivity contribution < 1.29 is 9.90 Å². The molecule has 0 aliphatic heterocycles. The highest BCUT2D eigenvalue weighted by Gasteiger charge is 2.20. The van der Waals surface area contributed by atoms with Crippen molar-refractivity contribution in [3.05, 3.63) is 96.4 Å². The van der Waals surface area contributed by atoms with E-state index >= 15 is 0 Å². The summed E-state index contributed by atoms with van der Waals surface area (Å²) in [4.78, 5) is 21.4. The number of azo groups is 1. The normalized spacial score (nSPS) is 10.9. The van der Waals surface area contributed by atoms with Crippen LogP contribution in [0, 0.1) is 11.3 Å². The van der Waals surface area contributed by atoms with E-state index in [1.807, 2.05) is 18.2 Å². The summed E-state index contributed by atoms with van der Waals surface area (Å²) < 4.78 is 1.27. The molecule has 0 saturated heterocycles. The zero-order chi connectivity index (χ0) is 24.2. The summed E-state index contributed by atoms with van der Waals surface area (Å²) in [7, 11) is 0. The highest BCUT2D eigenvalue weighted by Crippen LogP contribution is 2.38. The van der Waals surface area contributed by atoms with E-state index in [-0.39, 0.29) is 34.3 Å². The van der Waals surface area contributed by atoms with Gasteiger partial charge < -0.3 is 10.4 Å². The van der Waals surface area contributed by atoms with E-state index in [4.69, 9.17) is 0 Å². The molecule has 5 aromatic rings. The second-order valence-corrected chi connectivity index (χ2v) is 7.31. The fraction of sp³-hybridized carbons (Fsp3) is 0. The number of fused-ring (bicyclic) bond motifs is 1. The molecule has 3 aromatic carbocycles. The van der Waals surface area contributed by atoms with E-state index in [1.165, 1.54) is 23.3 Å². The zero-order valence-electron chi connectivity index (χ0n) is 18.1. The number of phenolic OH excluding ortho intramolecular Hbond substituents is 1. The first-order chi connectivity index (χ1) is 17.2. The molecule has 168 valence electrons. The number of carbonyl (C=O) groups is 1. The molecule has 0 unspecified atom stereocenters. The molecule has 0 aliphatic rings. The number of amides is 1. The van der Waals surface area contributed by atoms with E-state index in [0.29, 0.717) is 16.5 Å². The Hall–Kier alpha value is -5.43. The minimum atomic E-state index is -0.498. The lowest BCUT2D eigenvalue weighted by Crippen LogP contribution is -2.12. The van der Waals surface area contributed by atoms with Crippen LogP contribution < -0.4 is 5.32 Å². The third kappa shape index (κ3) is 4.17. The maximum atomic E-state index is 13.2. The van der Waals surface area contributed by atoms with Gasteiger partial charge in [0, 0.05) is 18.1 Å². The van der Waals surface area contributed by atoms with Gasteiger partial charge in [-0.15, -0.1) is 10.2 Å². The van der Waals surface area contributed by atoms with Crippen molar-refractivity contribution in [3.8, 4) is 17.8 Å². The highest BCUT2D eigenvalue weighted by molar-refractivity contribution is 6.16. The summed E-state index contributed by atoms with van der Waals surface area (Å²) in [6, 6.07) is 21.3. The first-order valence-electron chi connectivity index (χ1n) is 10.4. The Bertz CT molecular complexity index is 1610. The lowest BCUT2D eigenvalue weighted by atomic mass is 10.0. The first kappa shape index (κ1) is 21.4. The molecular formula is C25H16N8O2. The van der Waals surface area contributed by atoms with Gasteiger partial charge in [-0.05, 0) is 35.0 Å². The molecule has 5 rings (SSSR count). The van der Waals surface area contributed by atoms with E-state index < -0.39 is 5.91 Å². The molecule has 0 fully saturated rings. The average Bonchev–Trinajstić information content (AvgIpc) is 3.31. The number of rotatable bonds is 5. The average molecular weight is 460 g/mol. The van der Waals surface area contributed by atoms with Gasteiger partial charge in [0.15, 0.2) is 11.6 Å². The molecule has 0 atom stereocenters. The fourth-order valence-electron chi connectivity index (χ4n) is 3.51. The number of nitrogens with one attached hydrogen (secondary N) is 1. The van der Waals surface area contributed by atoms with Crippen LogP contribution in [0.5, 0.6) is 5.75 Å². The number of para-hydroxylation sites is 1. The maximum absolute atomic E-state index is 13.2. The summed E-state index contributed by atoms with van der Waals surface area (Å²) in [6.07, 6.45) is 4.39. The van der Waals surface area contributed by atoms with Gasteiger partial charge >= 0.3 is 0 Å². The Morgan fingerprint density at radius 2 is 1.74 bits per heavy atom. The Morgan fingerprint density at radius 1 is 1.00 bits per heavy atom. The molecule has 35 heavy (non-hydrogen) atoms. The third-order valence-corrected chi connectivity index (χ3v) is 5.12. The highest BCUT2D eigenvalue weighted by atomic mass is 16.3. The van der Waals surface area contributed by atoms with Crippen molar-refractivity contribution in [1.82, 2.24) is 19.7 Å². The summed E-state index contributed by atoms with van der Waals surface area (Å²) in [6.45, 7) is 0. The molecule has 2 heterocycles. The van der Waals surface area contributed by atoms with E-state index in [2.05, 4.69) is 30.6 Å². The summed E-state index contributed by atoms with van der Waals surface area (Å²) in [5.41, 5.74) is 0.829. The quantitative estimate of drug-likeness (QED) is 0.351. The second-order valence-electron chi connectivity index (χ2n) is 7.31. The lowest BCUT2D eigenvalue weighted by molar-refractivity contribution is 0.102. The van der Waals surface area contributed by atoms with Crippen molar-refractivity contribution in [2.45, 2.75) is 0 Å². The number of nitrogens with zero attached hydrogens (tertiary/aromatic N) is 7. The van der Waals surface area contributed by atoms with Crippen molar-refractivity contribution >= 4 is 33.9 Å². The zero-order valence-corrected chi connectivity index (χ0v) is 18.1. The number of benzene rings is 3. The maximum Gasteiger partial charge on any atom is 0.260 e. The predicted molar refractivity (Wildman–Crippen MR) is 128 cm³/mol.